The van der Waals surface area contributed by atoms with Crippen molar-refractivity contribution in [3.63, 3.8) is 0 Å². The van der Waals surface area contributed by atoms with Gasteiger partial charge in [-0.15, -0.1) is 0 Å². The number of nitrogens with zero attached hydrogens (tertiary/aromatic N) is 3. The summed E-state index contributed by atoms with van der Waals surface area (Å²) < 4.78 is 29.8. The highest BCUT2D eigenvalue weighted by Gasteiger charge is 2.39. The molecule has 1 saturated carbocycles. The second-order valence-corrected chi connectivity index (χ2v) is 12.3. The van der Waals surface area contributed by atoms with E-state index in [1.165, 1.54) is 10.7 Å². The van der Waals surface area contributed by atoms with E-state index in [0.717, 1.165) is 31.2 Å². The third-order valence-electron chi connectivity index (χ3n) is 7.42. The van der Waals surface area contributed by atoms with Gasteiger partial charge in [0.2, 0.25) is 21.8 Å². The molecule has 1 atom stereocenters. The van der Waals surface area contributed by atoms with Crippen molar-refractivity contribution in [2.45, 2.75) is 75.6 Å². The first-order chi connectivity index (χ1) is 15.7. The average molecular weight is 541 g/mol. The Bertz CT molecular complexity index is 1020. The average Bonchev–Trinajstić information content (AvgIpc) is 3.26. The first-order valence-corrected chi connectivity index (χ1v) is 14.4. The summed E-state index contributed by atoms with van der Waals surface area (Å²) in [4.78, 5) is 29.5. The summed E-state index contributed by atoms with van der Waals surface area (Å²) in [5, 5.41) is 0. The molecule has 1 aliphatic carbocycles. The number of anilines is 1. The predicted molar refractivity (Wildman–Crippen MR) is 132 cm³/mol. The number of piperidine rings is 1. The van der Waals surface area contributed by atoms with Gasteiger partial charge in [-0.25, -0.2) is 8.42 Å². The van der Waals surface area contributed by atoms with E-state index in [1.807, 2.05) is 18.0 Å². The minimum absolute atomic E-state index is 0.0593. The van der Waals surface area contributed by atoms with Gasteiger partial charge in [0.1, 0.15) is 4.90 Å². The van der Waals surface area contributed by atoms with Crippen molar-refractivity contribution in [3.8, 4) is 0 Å². The third-order valence-corrected chi connectivity index (χ3v) is 9.75. The second kappa shape index (κ2) is 10.0. The number of halogens is 1. The fraction of sp³-hybridized carbons (Fsp3) is 0.667. The Morgan fingerprint density at radius 2 is 1.82 bits per heavy atom. The van der Waals surface area contributed by atoms with Gasteiger partial charge in [0.15, 0.2) is 0 Å². The van der Waals surface area contributed by atoms with Crippen molar-refractivity contribution in [2.75, 3.05) is 31.6 Å². The highest BCUT2D eigenvalue weighted by Crippen LogP contribution is 2.40. The Balaban J connectivity index is 1.59. The Morgan fingerprint density at radius 3 is 2.52 bits per heavy atom. The molecule has 0 radical (unpaired) electrons. The Kier molecular flexibility index (Phi) is 7.50. The number of sulfonamides is 1. The summed E-state index contributed by atoms with van der Waals surface area (Å²) in [6.07, 6.45) is 7.90. The number of carbonyl (C=O) groups excluding carboxylic acids is 2. The summed E-state index contributed by atoms with van der Waals surface area (Å²) in [5.41, 5.74) is 1.38. The van der Waals surface area contributed by atoms with Crippen molar-refractivity contribution >= 4 is 43.5 Å². The van der Waals surface area contributed by atoms with Gasteiger partial charge in [-0.05, 0) is 49.8 Å². The van der Waals surface area contributed by atoms with Crippen LogP contribution in [0.3, 0.4) is 0 Å². The van der Waals surface area contributed by atoms with Crippen LogP contribution in [0.2, 0.25) is 0 Å². The molecular formula is C24H34BrN3O4S. The van der Waals surface area contributed by atoms with Crippen LogP contribution in [0.5, 0.6) is 0 Å². The highest BCUT2D eigenvalue weighted by molar-refractivity contribution is 9.10. The normalized spacial score (nSPS) is 22.3. The zero-order valence-electron chi connectivity index (χ0n) is 19.6. The molecule has 2 amide bonds. The molecule has 0 unspecified atom stereocenters. The van der Waals surface area contributed by atoms with Gasteiger partial charge in [-0.1, -0.05) is 42.1 Å². The Morgan fingerprint density at radius 1 is 1.09 bits per heavy atom. The lowest BCUT2D eigenvalue weighted by atomic mass is 9.92. The molecule has 0 spiro atoms. The summed E-state index contributed by atoms with van der Waals surface area (Å²) in [7, 11) is -1.99. The number of rotatable bonds is 5. The fourth-order valence-corrected chi connectivity index (χ4v) is 7.99. The first-order valence-electron chi connectivity index (χ1n) is 12.1. The minimum Gasteiger partial charge on any atom is -0.342 e. The van der Waals surface area contributed by atoms with Crippen LogP contribution in [0.15, 0.2) is 21.5 Å². The van der Waals surface area contributed by atoms with Crippen molar-refractivity contribution in [2.24, 2.45) is 5.92 Å². The van der Waals surface area contributed by atoms with Gasteiger partial charge in [-0.2, -0.15) is 4.31 Å². The number of benzene rings is 1. The van der Waals surface area contributed by atoms with Gasteiger partial charge in [0, 0.05) is 43.6 Å². The van der Waals surface area contributed by atoms with E-state index in [4.69, 9.17) is 0 Å². The van der Waals surface area contributed by atoms with E-state index in [-0.39, 0.29) is 35.2 Å². The molecule has 33 heavy (non-hydrogen) atoms. The maximum absolute atomic E-state index is 13.8. The Hall–Kier alpha value is -1.45. The van der Waals surface area contributed by atoms with Crippen LogP contribution in [0.1, 0.15) is 63.9 Å². The van der Waals surface area contributed by atoms with Gasteiger partial charge in [0.25, 0.3) is 0 Å². The molecule has 2 aliphatic heterocycles. The van der Waals surface area contributed by atoms with E-state index in [9.17, 15) is 18.0 Å². The molecule has 7 nitrogen and oxygen atoms in total. The quantitative estimate of drug-likeness (QED) is 0.567. The van der Waals surface area contributed by atoms with Crippen LogP contribution in [0.25, 0.3) is 0 Å². The second-order valence-electron chi connectivity index (χ2n) is 9.50. The number of amides is 2. The largest absolute Gasteiger partial charge is 0.342 e. The molecule has 0 aromatic heterocycles. The van der Waals surface area contributed by atoms with Crippen LogP contribution in [-0.4, -0.2) is 62.2 Å². The van der Waals surface area contributed by atoms with Crippen LogP contribution in [-0.2, 0) is 26.0 Å². The van der Waals surface area contributed by atoms with Crippen LogP contribution < -0.4 is 4.90 Å². The van der Waals surface area contributed by atoms with E-state index in [0.29, 0.717) is 48.9 Å². The lowest BCUT2D eigenvalue weighted by Gasteiger charge is -2.37. The minimum atomic E-state index is -3.86. The highest BCUT2D eigenvalue weighted by atomic mass is 79.9. The van der Waals surface area contributed by atoms with Gasteiger partial charge >= 0.3 is 0 Å². The van der Waals surface area contributed by atoms with Crippen molar-refractivity contribution in [3.05, 3.63) is 22.2 Å². The number of fused-ring (bicyclic) bond motifs is 1. The van der Waals surface area contributed by atoms with Crippen molar-refractivity contribution in [1.29, 1.82) is 0 Å². The zero-order chi connectivity index (χ0) is 23.8. The summed E-state index contributed by atoms with van der Waals surface area (Å²) >= 11 is 3.46. The molecule has 1 aromatic rings. The topological polar surface area (TPSA) is 78.0 Å². The molecule has 4 rings (SSSR count). The molecule has 0 bridgehead atoms. The Labute approximate surface area is 205 Å². The van der Waals surface area contributed by atoms with Gasteiger partial charge in [-0.3, -0.25) is 9.59 Å². The van der Waals surface area contributed by atoms with Crippen molar-refractivity contribution in [1.82, 2.24) is 9.21 Å². The van der Waals surface area contributed by atoms with Crippen LogP contribution in [0, 0.1) is 5.92 Å². The standard InChI is InChI=1S/C24H34BrN3O4S/c1-3-22(29)28-13-11-17-14-19(25)15-21(23(17)28)33(31,32)27-12-7-8-18(16-27)24(30)26(2)20-9-5-4-6-10-20/h14-15,18,20H,3-13,16H2,1-2H3/t18-/m0/s1. The summed E-state index contributed by atoms with van der Waals surface area (Å²) in [6, 6.07) is 3.77. The molecule has 2 heterocycles. The third kappa shape index (κ3) is 4.86. The smallest absolute Gasteiger partial charge is 0.245 e. The maximum Gasteiger partial charge on any atom is 0.245 e. The molecule has 2 fully saturated rings. The molecule has 9 heteroatoms. The number of hydrogen-bond acceptors (Lipinski definition) is 4. The first kappa shape index (κ1) is 24.7. The van der Waals surface area contributed by atoms with Crippen LogP contribution in [0.4, 0.5) is 5.69 Å². The fourth-order valence-electron chi connectivity index (χ4n) is 5.54. The maximum atomic E-state index is 13.8. The number of carbonyl (C=O) groups is 2. The molecular weight excluding hydrogens is 506 g/mol. The van der Waals surface area contributed by atoms with E-state index < -0.39 is 10.0 Å². The SMILES string of the molecule is CCC(=O)N1CCc2cc(Br)cc(S(=O)(=O)N3CCC[C@H](C(=O)N(C)C4CCCCC4)C3)c21. The van der Waals surface area contributed by atoms with E-state index in [2.05, 4.69) is 15.9 Å². The van der Waals surface area contributed by atoms with Gasteiger partial charge in [0.05, 0.1) is 11.6 Å². The zero-order valence-corrected chi connectivity index (χ0v) is 22.0. The lowest BCUT2D eigenvalue weighted by molar-refractivity contribution is -0.138. The van der Waals surface area contributed by atoms with Gasteiger partial charge < -0.3 is 9.80 Å². The monoisotopic (exact) mass is 539 g/mol. The molecule has 3 aliphatic rings. The molecule has 0 N–H and O–H groups in total. The number of hydrogen-bond donors (Lipinski definition) is 0. The summed E-state index contributed by atoms with van der Waals surface area (Å²) in [6.45, 7) is 2.87. The van der Waals surface area contributed by atoms with E-state index in [1.54, 1.807) is 17.9 Å². The molecule has 182 valence electrons. The predicted octanol–water partition coefficient (Wildman–Crippen LogP) is 3.94. The van der Waals surface area contributed by atoms with E-state index >= 15 is 0 Å². The van der Waals surface area contributed by atoms with Crippen LogP contribution >= 0.6 is 15.9 Å². The molecule has 1 aromatic carbocycles. The lowest BCUT2D eigenvalue weighted by Crippen LogP contribution is -2.48. The summed E-state index contributed by atoms with van der Waals surface area (Å²) in [5.74, 6) is -0.341. The van der Waals surface area contributed by atoms with Crippen molar-refractivity contribution < 1.29 is 18.0 Å². The molecule has 1 saturated heterocycles.